The number of hydrogen-bond acceptors (Lipinski definition) is 5. The Morgan fingerprint density at radius 1 is 1.00 bits per heavy atom. The molecular formula is C16H17N5O. The Balaban J connectivity index is 1.56. The molecule has 3 rings (SSSR count). The molecule has 1 aromatic carbocycles. The summed E-state index contributed by atoms with van der Waals surface area (Å²) < 4.78 is 0. The molecule has 0 aliphatic rings. The van der Waals surface area contributed by atoms with Crippen LogP contribution in [0.2, 0.25) is 0 Å². The zero-order valence-electron chi connectivity index (χ0n) is 12.0. The number of para-hydroxylation sites is 1. The molecule has 0 unspecified atom stereocenters. The fourth-order valence-electron chi connectivity index (χ4n) is 2.20. The first-order valence-corrected chi connectivity index (χ1v) is 7.21. The Morgan fingerprint density at radius 2 is 1.82 bits per heavy atom. The molecule has 0 saturated carbocycles. The highest BCUT2D eigenvalue weighted by molar-refractivity contribution is 5.86. The summed E-state index contributed by atoms with van der Waals surface area (Å²) in [6.45, 7) is 1.59. The van der Waals surface area contributed by atoms with Crippen molar-refractivity contribution >= 4 is 22.4 Å². The van der Waals surface area contributed by atoms with Crippen molar-refractivity contribution in [3.8, 4) is 0 Å². The summed E-state index contributed by atoms with van der Waals surface area (Å²) in [7, 11) is 0. The fraction of sp³-hybridized carbons (Fsp3) is 0.188. The average Bonchev–Trinajstić information content (AvgIpc) is 2.58. The van der Waals surface area contributed by atoms with Gasteiger partial charge in [-0.2, -0.15) is 5.10 Å². The number of rotatable bonds is 6. The van der Waals surface area contributed by atoms with Crippen LogP contribution in [0.15, 0.2) is 53.5 Å². The molecule has 0 aliphatic heterocycles. The zero-order chi connectivity index (χ0) is 15.2. The zero-order valence-corrected chi connectivity index (χ0v) is 12.0. The van der Waals surface area contributed by atoms with E-state index in [0.29, 0.717) is 16.7 Å². The summed E-state index contributed by atoms with van der Waals surface area (Å²) in [4.78, 5) is 15.9. The van der Waals surface area contributed by atoms with Crippen molar-refractivity contribution in [1.82, 2.24) is 15.2 Å². The minimum atomic E-state index is -0.223. The van der Waals surface area contributed by atoms with Gasteiger partial charge < -0.3 is 10.6 Å². The maximum absolute atomic E-state index is 11.7. The van der Waals surface area contributed by atoms with Crippen LogP contribution in [0.3, 0.4) is 0 Å². The van der Waals surface area contributed by atoms with Crippen molar-refractivity contribution in [2.45, 2.75) is 6.42 Å². The summed E-state index contributed by atoms with van der Waals surface area (Å²) >= 11 is 0. The van der Waals surface area contributed by atoms with Crippen LogP contribution in [-0.4, -0.2) is 28.3 Å². The van der Waals surface area contributed by atoms with E-state index in [0.717, 1.165) is 25.2 Å². The molecule has 0 fully saturated rings. The maximum atomic E-state index is 11.7. The van der Waals surface area contributed by atoms with Crippen LogP contribution in [0.25, 0.3) is 10.9 Å². The molecule has 3 N–H and O–H groups in total. The molecule has 2 aromatic heterocycles. The average molecular weight is 295 g/mol. The van der Waals surface area contributed by atoms with Gasteiger partial charge in [0.05, 0.1) is 5.39 Å². The SMILES string of the molecule is O=c1[nH]nc(NCCCNc2ccccc2)c2ncccc12. The molecule has 0 saturated heterocycles. The van der Waals surface area contributed by atoms with E-state index in [1.165, 1.54) is 0 Å². The van der Waals surface area contributed by atoms with Crippen molar-refractivity contribution in [2.24, 2.45) is 0 Å². The van der Waals surface area contributed by atoms with Gasteiger partial charge in [0.2, 0.25) is 0 Å². The summed E-state index contributed by atoms with van der Waals surface area (Å²) in [5, 5.41) is 13.6. The second kappa shape index (κ2) is 6.71. The smallest absolute Gasteiger partial charge is 0.273 e. The van der Waals surface area contributed by atoms with Crippen molar-refractivity contribution in [3.05, 3.63) is 59.0 Å². The molecule has 0 aliphatic carbocycles. The number of benzene rings is 1. The van der Waals surface area contributed by atoms with Crippen LogP contribution < -0.4 is 16.2 Å². The molecule has 22 heavy (non-hydrogen) atoms. The lowest BCUT2D eigenvalue weighted by Crippen LogP contribution is -2.15. The Bertz CT molecular complexity index is 800. The van der Waals surface area contributed by atoms with E-state index in [2.05, 4.69) is 25.8 Å². The summed E-state index contributed by atoms with van der Waals surface area (Å²) in [5.74, 6) is 0.606. The number of nitrogens with zero attached hydrogens (tertiary/aromatic N) is 2. The highest BCUT2D eigenvalue weighted by Crippen LogP contribution is 2.13. The topological polar surface area (TPSA) is 82.7 Å². The first-order chi connectivity index (χ1) is 10.8. The summed E-state index contributed by atoms with van der Waals surface area (Å²) in [5.41, 5.74) is 1.48. The predicted octanol–water partition coefficient (Wildman–Crippen LogP) is 2.23. The molecule has 0 radical (unpaired) electrons. The third-order valence-electron chi connectivity index (χ3n) is 3.29. The molecule has 3 aromatic rings. The van der Waals surface area contributed by atoms with E-state index in [1.54, 1.807) is 18.3 Å². The van der Waals surface area contributed by atoms with E-state index in [9.17, 15) is 4.79 Å². The number of pyridine rings is 1. The van der Waals surface area contributed by atoms with Crippen LogP contribution in [0.4, 0.5) is 11.5 Å². The highest BCUT2D eigenvalue weighted by Gasteiger charge is 2.06. The molecule has 6 nitrogen and oxygen atoms in total. The van der Waals surface area contributed by atoms with Crippen molar-refractivity contribution in [3.63, 3.8) is 0 Å². The van der Waals surface area contributed by atoms with E-state index >= 15 is 0 Å². The lowest BCUT2D eigenvalue weighted by molar-refractivity contribution is 0.893. The fourth-order valence-corrected chi connectivity index (χ4v) is 2.20. The first-order valence-electron chi connectivity index (χ1n) is 7.21. The number of aromatic nitrogens is 3. The summed E-state index contributed by atoms with van der Waals surface area (Å²) in [6, 6.07) is 13.6. The number of H-pyrrole nitrogens is 1. The molecule has 0 amide bonds. The van der Waals surface area contributed by atoms with Gasteiger partial charge in [-0.25, -0.2) is 5.10 Å². The third-order valence-corrected chi connectivity index (χ3v) is 3.29. The van der Waals surface area contributed by atoms with Crippen molar-refractivity contribution in [1.29, 1.82) is 0 Å². The number of anilines is 2. The van der Waals surface area contributed by atoms with Gasteiger partial charge in [-0.1, -0.05) is 18.2 Å². The van der Waals surface area contributed by atoms with Crippen LogP contribution in [0.5, 0.6) is 0 Å². The quantitative estimate of drug-likeness (QED) is 0.607. The largest absolute Gasteiger partial charge is 0.385 e. The van der Waals surface area contributed by atoms with Crippen LogP contribution in [-0.2, 0) is 0 Å². The molecule has 0 bridgehead atoms. The van der Waals surface area contributed by atoms with E-state index < -0.39 is 0 Å². The number of fused-ring (bicyclic) bond motifs is 1. The van der Waals surface area contributed by atoms with Crippen LogP contribution >= 0.6 is 0 Å². The second-order valence-corrected chi connectivity index (χ2v) is 4.87. The molecule has 0 atom stereocenters. The normalized spacial score (nSPS) is 10.5. The van der Waals surface area contributed by atoms with Crippen molar-refractivity contribution < 1.29 is 0 Å². The standard InChI is InChI=1S/C16H17N5O/c22-16-13-8-4-9-18-14(13)15(20-21-16)19-11-5-10-17-12-6-2-1-3-7-12/h1-4,6-9,17H,5,10-11H2,(H,19,20)(H,21,22). The second-order valence-electron chi connectivity index (χ2n) is 4.87. The van der Waals surface area contributed by atoms with E-state index in [4.69, 9.17) is 0 Å². The number of nitrogens with one attached hydrogen (secondary N) is 3. The molecule has 2 heterocycles. The van der Waals surface area contributed by atoms with Gasteiger partial charge in [-0.05, 0) is 30.7 Å². The summed E-state index contributed by atoms with van der Waals surface area (Å²) in [6.07, 6.45) is 2.58. The van der Waals surface area contributed by atoms with Crippen LogP contribution in [0, 0.1) is 0 Å². The van der Waals surface area contributed by atoms with Gasteiger partial charge in [0, 0.05) is 25.0 Å². The van der Waals surface area contributed by atoms with Gasteiger partial charge in [0.15, 0.2) is 5.82 Å². The molecule has 0 spiro atoms. The minimum Gasteiger partial charge on any atom is -0.385 e. The van der Waals surface area contributed by atoms with Gasteiger partial charge in [0.25, 0.3) is 5.56 Å². The molecule has 112 valence electrons. The van der Waals surface area contributed by atoms with E-state index in [-0.39, 0.29) is 5.56 Å². The van der Waals surface area contributed by atoms with Gasteiger partial charge in [0.1, 0.15) is 5.52 Å². The number of aromatic amines is 1. The lowest BCUT2D eigenvalue weighted by Gasteiger charge is -2.08. The van der Waals surface area contributed by atoms with Gasteiger partial charge >= 0.3 is 0 Å². The highest BCUT2D eigenvalue weighted by atomic mass is 16.1. The van der Waals surface area contributed by atoms with Crippen molar-refractivity contribution in [2.75, 3.05) is 23.7 Å². The molecule has 6 heteroatoms. The Labute approximate surface area is 127 Å². The lowest BCUT2D eigenvalue weighted by atomic mass is 10.3. The Kier molecular flexibility index (Phi) is 4.29. The Hall–Kier alpha value is -2.89. The van der Waals surface area contributed by atoms with Gasteiger partial charge in [-0.3, -0.25) is 9.78 Å². The van der Waals surface area contributed by atoms with Crippen LogP contribution in [0.1, 0.15) is 6.42 Å². The maximum Gasteiger partial charge on any atom is 0.273 e. The monoisotopic (exact) mass is 295 g/mol. The first kappa shape index (κ1) is 14.1. The van der Waals surface area contributed by atoms with Gasteiger partial charge in [-0.15, -0.1) is 0 Å². The van der Waals surface area contributed by atoms with E-state index in [1.807, 2.05) is 30.3 Å². The Morgan fingerprint density at radius 3 is 2.68 bits per heavy atom. The third kappa shape index (κ3) is 3.22. The predicted molar refractivity (Wildman–Crippen MR) is 88.2 cm³/mol. The molecular weight excluding hydrogens is 278 g/mol. The minimum absolute atomic E-state index is 0.223. The number of hydrogen-bond donors (Lipinski definition) is 3.